The summed E-state index contributed by atoms with van der Waals surface area (Å²) >= 11 is -1.11. The molecule has 0 radical (unpaired) electrons. The van der Waals surface area contributed by atoms with E-state index in [2.05, 4.69) is 10.8 Å². The van der Waals surface area contributed by atoms with E-state index < -0.39 is 11.4 Å². The summed E-state index contributed by atoms with van der Waals surface area (Å²) in [5.74, 6) is 0. The van der Waals surface area contributed by atoms with Gasteiger partial charge >= 0.3 is 0 Å². The van der Waals surface area contributed by atoms with Crippen molar-refractivity contribution in [3.8, 4) is 6.07 Å². The first-order valence-electron chi connectivity index (χ1n) is 5.52. The van der Waals surface area contributed by atoms with Crippen LogP contribution in [0.1, 0.15) is 44.9 Å². The molecule has 0 saturated carbocycles. The molecule has 1 aromatic rings. The highest BCUT2D eigenvalue weighted by molar-refractivity contribution is 7.90. The Morgan fingerprint density at radius 3 is 2.59 bits per heavy atom. The summed E-state index contributed by atoms with van der Waals surface area (Å²) in [5, 5.41) is 8.82. The molecule has 0 bridgehead atoms. The molecule has 0 aliphatic rings. The molecule has 0 amide bonds. The lowest BCUT2D eigenvalue weighted by molar-refractivity contribution is 0.531. The third kappa shape index (κ3) is 4.04. The van der Waals surface area contributed by atoms with Crippen LogP contribution in [-0.2, 0) is 11.4 Å². The molecular weight excluding hydrogens is 232 g/mol. The summed E-state index contributed by atoms with van der Waals surface area (Å²) < 4.78 is 14.7. The zero-order chi connectivity index (χ0) is 13.1. The van der Waals surface area contributed by atoms with Gasteiger partial charge < -0.3 is 4.55 Å². The van der Waals surface area contributed by atoms with Gasteiger partial charge in [0.05, 0.1) is 17.7 Å². The highest BCUT2D eigenvalue weighted by atomic mass is 32.2. The number of hydrogen-bond acceptors (Lipinski definition) is 3. The average Bonchev–Trinajstić information content (AvgIpc) is 2.27. The lowest BCUT2D eigenvalue weighted by Crippen LogP contribution is -2.40. The van der Waals surface area contributed by atoms with Crippen molar-refractivity contribution in [2.24, 2.45) is 0 Å². The van der Waals surface area contributed by atoms with Crippen LogP contribution in [0.2, 0.25) is 0 Å². The van der Waals surface area contributed by atoms with E-state index in [9.17, 15) is 4.55 Å². The van der Waals surface area contributed by atoms with Gasteiger partial charge in [0, 0.05) is 11.4 Å². The van der Waals surface area contributed by atoms with Gasteiger partial charge in [-0.1, -0.05) is 12.1 Å². The fraction of sp³-hybridized carbons (Fsp3) is 0.462. The minimum Gasteiger partial charge on any atom is -0.598 e. The zero-order valence-electron chi connectivity index (χ0n) is 10.7. The van der Waals surface area contributed by atoms with Crippen molar-refractivity contribution in [2.45, 2.75) is 38.5 Å². The minimum absolute atomic E-state index is 0.0386. The van der Waals surface area contributed by atoms with Crippen LogP contribution >= 0.6 is 0 Å². The van der Waals surface area contributed by atoms with E-state index in [0.29, 0.717) is 5.56 Å². The fourth-order valence-corrected chi connectivity index (χ4v) is 2.09. The second kappa shape index (κ2) is 5.54. The lowest BCUT2D eigenvalue weighted by Gasteiger charge is -2.26. The fourth-order valence-electron chi connectivity index (χ4n) is 1.28. The zero-order valence-corrected chi connectivity index (χ0v) is 11.5. The van der Waals surface area contributed by atoms with Gasteiger partial charge in [-0.2, -0.15) is 5.26 Å². The molecule has 3 nitrogen and oxygen atoms in total. The Morgan fingerprint density at radius 2 is 2.06 bits per heavy atom. The third-order valence-electron chi connectivity index (χ3n) is 2.36. The summed E-state index contributed by atoms with van der Waals surface area (Å²) in [5.41, 5.74) is 1.60. The summed E-state index contributed by atoms with van der Waals surface area (Å²) in [6.07, 6.45) is 0. The SMILES string of the molecule is C[C@@H](N[S@@+]([O-])C(C)(C)C)c1cccc(C#N)c1. The van der Waals surface area contributed by atoms with Gasteiger partial charge in [-0.25, -0.2) is 0 Å². The smallest absolute Gasteiger partial charge is 0.136 e. The number of hydrogen-bond donors (Lipinski definition) is 1. The molecule has 0 aliphatic carbocycles. The van der Waals surface area contributed by atoms with Crippen molar-refractivity contribution in [2.75, 3.05) is 0 Å². The molecule has 1 rings (SSSR count). The van der Waals surface area contributed by atoms with Crippen molar-refractivity contribution in [1.82, 2.24) is 4.72 Å². The molecular formula is C13H18N2OS. The Kier molecular flexibility index (Phi) is 4.58. The van der Waals surface area contributed by atoms with Crippen LogP contribution in [0.25, 0.3) is 0 Å². The molecule has 0 fully saturated rings. The molecule has 0 aromatic heterocycles. The summed E-state index contributed by atoms with van der Waals surface area (Å²) in [6, 6.07) is 9.41. The topological polar surface area (TPSA) is 58.9 Å². The summed E-state index contributed by atoms with van der Waals surface area (Å²) in [6.45, 7) is 7.72. The highest BCUT2D eigenvalue weighted by Crippen LogP contribution is 2.20. The first kappa shape index (κ1) is 14.0. The van der Waals surface area contributed by atoms with Gasteiger partial charge in [-0.05, 0) is 45.4 Å². The average molecular weight is 250 g/mol. The van der Waals surface area contributed by atoms with Crippen molar-refractivity contribution < 1.29 is 4.55 Å². The molecule has 2 atom stereocenters. The van der Waals surface area contributed by atoms with Crippen LogP contribution in [0.15, 0.2) is 24.3 Å². The van der Waals surface area contributed by atoms with E-state index in [4.69, 9.17) is 5.26 Å². The van der Waals surface area contributed by atoms with Crippen LogP contribution in [0, 0.1) is 11.3 Å². The Bertz CT molecular complexity index is 420. The van der Waals surface area contributed by atoms with Crippen LogP contribution in [-0.4, -0.2) is 9.30 Å². The lowest BCUT2D eigenvalue weighted by atomic mass is 10.1. The van der Waals surface area contributed by atoms with Gasteiger partial charge in [0.25, 0.3) is 0 Å². The molecule has 0 spiro atoms. The first-order valence-corrected chi connectivity index (χ1v) is 6.67. The van der Waals surface area contributed by atoms with E-state index in [1.54, 1.807) is 6.07 Å². The van der Waals surface area contributed by atoms with E-state index in [-0.39, 0.29) is 10.8 Å². The number of nitriles is 1. The van der Waals surface area contributed by atoms with Crippen molar-refractivity contribution in [1.29, 1.82) is 5.26 Å². The number of benzene rings is 1. The molecule has 0 aliphatic heterocycles. The second-order valence-corrected chi connectivity index (χ2v) is 6.96. The van der Waals surface area contributed by atoms with Gasteiger partial charge in [0.15, 0.2) is 0 Å². The second-order valence-electron chi connectivity index (χ2n) is 4.96. The van der Waals surface area contributed by atoms with Crippen LogP contribution in [0.3, 0.4) is 0 Å². The molecule has 0 heterocycles. The summed E-state index contributed by atoms with van der Waals surface area (Å²) in [7, 11) is 0. The Hall–Kier alpha value is -1.02. The molecule has 0 unspecified atom stereocenters. The summed E-state index contributed by atoms with van der Waals surface area (Å²) in [4.78, 5) is 0. The van der Waals surface area contributed by atoms with Gasteiger partial charge in [-0.15, -0.1) is 4.72 Å². The van der Waals surface area contributed by atoms with Gasteiger partial charge in [-0.3, -0.25) is 0 Å². The van der Waals surface area contributed by atoms with Gasteiger partial charge in [0.1, 0.15) is 4.75 Å². The van der Waals surface area contributed by atoms with E-state index >= 15 is 0 Å². The molecule has 1 aromatic carbocycles. The third-order valence-corrected chi connectivity index (χ3v) is 4.04. The number of nitrogens with one attached hydrogen (secondary N) is 1. The highest BCUT2D eigenvalue weighted by Gasteiger charge is 2.28. The van der Waals surface area contributed by atoms with Crippen LogP contribution in [0.5, 0.6) is 0 Å². The molecule has 92 valence electrons. The minimum atomic E-state index is -1.11. The maximum atomic E-state index is 11.9. The normalized spacial score (nSPS) is 15.1. The van der Waals surface area contributed by atoms with Crippen molar-refractivity contribution >= 4 is 11.4 Å². The maximum Gasteiger partial charge on any atom is 0.136 e. The van der Waals surface area contributed by atoms with Crippen LogP contribution < -0.4 is 4.72 Å². The maximum absolute atomic E-state index is 11.9. The Balaban J connectivity index is 2.77. The monoisotopic (exact) mass is 250 g/mol. The van der Waals surface area contributed by atoms with E-state index in [1.165, 1.54) is 0 Å². The number of rotatable bonds is 3. The largest absolute Gasteiger partial charge is 0.598 e. The molecule has 4 heteroatoms. The van der Waals surface area contributed by atoms with E-state index in [1.807, 2.05) is 45.9 Å². The predicted molar refractivity (Wildman–Crippen MR) is 70.6 cm³/mol. The molecule has 0 saturated heterocycles. The van der Waals surface area contributed by atoms with E-state index in [0.717, 1.165) is 5.56 Å². The molecule has 1 N–H and O–H groups in total. The Labute approximate surface area is 106 Å². The molecule has 17 heavy (non-hydrogen) atoms. The van der Waals surface area contributed by atoms with Crippen LogP contribution in [0.4, 0.5) is 0 Å². The van der Waals surface area contributed by atoms with Crippen molar-refractivity contribution in [3.05, 3.63) is 35.4 Å². The number of nitrogens with zero attached hydrogens (tertiary/aromatic N) is 1. The van der Waals surface area contributed by atoms with Crippen molar-refractivity contribution in [3.63, 3.8) is 0 Å². The first-order chi connectivity index (χ1) is 7.84. The standard InChI is InChI=1S/C13H18N2OS/c1-10(15-17(16)13(2,3)4)12-7-5-6-11(8-12)9-14/h5-8,10,15H,1-4H3/t10-,17+/m1/s1. The van der Waals surface area contributed by atoms with Gasteiger partial charge in [0.2, 0.25) is 0 Å². The quantitative estimate of drug-likeness (QED) is 0.839. The predicted octanol–water partition coefficient (Wildman–Crippen LogP) is 2.67. The Morgan fingerprint density at radius 1 is 1.41 bits per heavy atom.